The van der Waals surface area contributed by atoms with E-state index in [0.29, 0.717) is 29.8 Å². The Bertz CT molecular complexity index is 551. The molecule has 0 heterocycles. The molecule has 4 N–H and O–H groups in total. The van der Waals surface area contributed by atoms with Gasteiger partial charge in [-0.1, -0.05) is 56.0 Å². The van der Waals surface area contributed by atoms with E-state index in [9.17, 15) is 20.1 Å². The molecule has 6 heteroatoms. The minimum atomic E-state index is -0.757. The first-order valence-electron chi connectivity index (χ1n) is 9.81. The number of benzene rings is 1. The fourth-order valence-corrected chi connectivity index (χ4v) is 3.43. The van der Waals surface area contributed by atoms with Crippen molar-refractivity contribution >= 4 is 17.6 Å². The molecule has 1 aromatic rings. The van der Waals surface area contributed by atoms with Crippen LogP contribution in [0.1, 0.15) is 76.4 Å². The predicted molar refractivity (Wildman–Crippen MR) is 107 cm³/mol. The number of carboxylic acid groups (broad SMARTS) is 1. The van der Waals surface area contributed by atoms with Crippen LogP contribution in [0.3, 0.4) is 0 Å². The Balaban J connectivity index is 2.21. The Hall–Kier alpha value is -1.14. The zero-order valence-corrected chi connectivity index (χ0v) is 16.8. The monoisotopic (exact) mass is 400 g/mol. The zero-order valence-electron chi connectivity index (χ0n) is 16.1. The van der Waals surface area contributed by atoms with Crippen LogP contribution in [0.2, 0.25) is 5.02 Å². The molecule has 0 fully saturated rings. The molecule has 0 spiro atoms. The third kappa shape index (κ3) is 10.1. The number of aliphatic hydroxyl groups is 3. The van der Waals surface area contributed by atoms with Crippen LogP contribution >= 0.6 is 11.6 Å². The Kier molecular flexibility index (Phi) is 11.6. The standard InChI is InChI=1S/C21H33ClO5/c1-15(8-4-2-3-5-11-21(26)27)20(25)14-16(23)12-13-19(24)17-9-6-7-10-18(17)22/h6-7,9-10,15-16,19-20,23-25H,2-5,8,11-14H2,1H3,(H,26,27)/t15-,16-,19?,20-/m0/s1. The van der Waals surface area contributed by atoms with Crippen LogP contribution < -0.4 is 0 Å². The largest absolute Gasteiger partial charge is 0.481 e. The van der Waals surface area contributed by atoms with E-state index in [1.54, 1.807) is 18.2 Å². The van der Waals surface area contributed by atoms with Gasteiger partial charge in [0.05, 0.1) is 18.3 Å². The lowest BCUT2D eigenvalue weighted by Gasteiger charge is -2.22. The number of hydrogen-bond acceptors (Lipinski definition) is 4. The van der Waals surface area contributed by atoms with Crippen molar-refractivity contribution < 1.29 is 25.2 Å². The van der Waals surface area contributed by atoms with Gasteiger partial charge in [-0.2, -0.15) is 0 Å². The highest BCUT2D eigenvalue weighted by Crippen LogP contribution is 2.27. The first-order valence-corrected chi connectivity index (χ1v) is 10.2. The van der Waals surface area contributed by atoms with Crippen molar-refractivity contribution in [2.45, 2.75) is 83.0 Å². The maximum absolute atomic E-state index is 10.4. The topological polar surface area (TPSA) is 98.0 Å². The summed E-state index contributed by atoms with van der Waals surface area (Å²) >= 11 is 6.06. The van der Waals surface area contributed by atoms with Crippen molar-refractivity contribution in [1.82, 2.24) is 0 Å². The van der Waals surface area contributed by atoms with E-state index in [1.165, 1.54) is 0 Å². The molecule has 1 unspecified atom stereocenters. The lowest BCUT2D eigenvalue weighted by molar-refractivity contribution is -0.137. The Morgan fingerprint density at radius 1 is 1.00 bits per heavy atom. The van der Waals surface area contributed by atoms with Gasteiger partial charge in [-0.25, -0.2) is 0 Å². The molecule has 0 aromatic heterocycles. The van der Waals surface area contributed by atoms with E-state index in [1.807, 2.05) is 13.0 Å². The fraction of sp³-hybridized carbons (Fsp3) is 0.667. The van der Waals surface area contributed by atoms with Crippen molar-refractivity contribution in [2.75, 3.05) is 0 Å². The summed E-state index contributed by atoms with van der Waals surface area (Å²) in [5.41, 5.74) is 0.656. The normalized spacial score (nSPS) is 15.9. The minimum absolute atomic E-state index is 0.0765. The first kappa shape index (κ1) is 23.9. The molecule has 0 saturated heterocycles. The van der Waals surface area contributed by atoms with Crippen LogP contribution in [0.4, 0.5) is 0 Å². The molecule has 27 heavy (non-hydrogen) atoms. The van der Waals surface area contributed by atoms with Gasteiger partial charge in [-0.05, 0) is 49.7 Å². The van der Waals surface area contributed by atoms with Gasteiger partial charge in [0.15, 0.2) is 0 Å². The van der Waals surface area contributed by atoms with E-state index in [0.717, 1.165) is 25.7 Å². The van der Waals surface area contributed by atoms with Gasteiger partial charge in [-0.3, -0.25) is 4.79 Å². The second kappa shape index (κ2) is 13.1. The lowest BCUT2D eigenvalue weighted by Crippen LogP contribution is -2.24. The summed E-state index contributed by atoms with van der Waals surface area (Å²) in [6.07, 6.45) is 3.62. The van der Waals surface area contributed by atoms with Crippen LogP contribution in [0.25, 0.3) is 0 Å². The molecule has 154 valence electrons. The summed E-state index contributed by atoms with van der Waals surface area (Å²) in [5.74, 6) is -0.681. The highest BCUT2D eigenvalue weighted by atomic mass is 35.5. The molecular weight excluding hydrogens is 368 g/mol. The van der Waals surface area contributed by atoms with Crippen molar-refractivity contribution in [2.24, 2.45) is 5.92 Å². The molecule has 5 nitrogen and oxygen atoms in total. The van der Waals surface area contributed by atoms with Crippen molar-refractivity contribution in [1.29, 1.82) is 0 Å². The maximum atomic E-state index is 10.4. The van der Waals surface area contributed by atoms with E-state index in [4.69, 9.17) is 16.7 Å². The fourth-order valence-electron chi connectivity index (χ4n) is 3.17. The molecule has 0 aliphatic carbocycles. The summed E-state index contributed by atoms with van der Waals surface area (Å²) in [6, 6.07) is 7.11. The highest BCUT2D eigenvalue weighted by molar-refractivity contribution is 6.31. The number of aliphatic hydroxyl groups excluding tert-OH is 3. The molecule has 1 rings (SSSR count). The molecule has 0 aliphatic rings. The molecule has 0 saturated carbocycles. The van der Waals surface area contributed by atoms with Gasteiger partial charge in [0.1, 0.15) is 0 Å². The molecule has 0 amide bonds. The van der Waals surface area contributed by atoms with Crippen molar-refractivity contribution in [3.8, 4) is 0 Å². The molecule has 0 aliphatic heterocycles. The van der Waals surface area contributed by atoms with Crippen molar-refractivity contribution in [3.63, 3.8) is 0 Å². The average molecular weight is 401 g/mol. The second-order valence-corrected chi connectivity index (χ2v) is 7.80. The summed E-state index contributed by atoms with van der Waals surface area (Å²) in [4.78, 5) is 10.4. The minimum Gasteiger partial charge on any atom is -0.481 e. The third-order valence-corrected chi connectivity index (χ3v) is 5.35. The second-order valence-electron chi connectivity index (χ2n) is 7.40. The first-order chi connectivity index (χ1) is 12.8. The number of halogens is 1. The smallest absolute Gasteiger partial charge is 0.303 e. The molecule has 0 radical (unpaired) electrons. The lowest BCUT2D eigenvalue weighted by atomic mass is 9.91. The van der Waals surface area contributed by atoms with Gasteiger partial charge in [-0.15, -0.1) is 0 Å². The number of rotatable bonds is 14. The molecule has 0 bridgehead atoms. The summed E-state index contributed by atoms with van der Waals surface area (Å²) in [5, 5.41) is 39.8. The van der Waals surface area contributed by atoms with Gasteiger partial charge >= 0.3 is 5.97 Å². The van der Waals surface area contributed by atoms with Crippen LogP contribution in [-0.2, 0) is 4.79 Å². The molecule has 4 atom stereocenters. The SMILES string of the molecule is C[C@@H](CCCCCCC(=O)O)[C@@H](O)C[C@@H](O)CCC(O)c1ccccc1Cl. The van der Waals surface area contributed by atoms with Crippen LogP contribution in [-0.4, -0.2) is 38.6 Å². The Morgan fingerprint density at radius 3 is 2.33 bits per heavy atom. The zero-order chi connectivity index (χ0) is 20.2. The average Bonchev–Trinajstić information content (AvgIpc) is 2.62. The molecule has 1 aromatic carbocycles. The van der Waals surface area contributed by atoms with Gasteiger partial charge in [0.25, 0.3) is 0 Å². The van der Waals surface area contributed by atoms with E-state index in [2.05, 4.69) is 0 Å². The van der Waals surface area contributed by atoms with Gasteiger partial charge < -0.3 is 20.4 Å². The van der Waals surface area contributed by atoms with Crippen LogP contribution in [0.15, 0.2) is 24.3 Å². The quantitative estimate of drug-likeness (QED) is 0.348. The predicted octanol–water partition coefficient (Wildman–Crippen LogP) is 4.33. The summed E-state index contributed by atoms with van der Waals surface area (Å²) in [7, 11) is 0. The van der Waals surface area contributed by atoms with Crippen molar-refractivity contribution in [3.05, 3.63) is 34.9 Å². The van der Waals surface area contributed by atoms with Gasteiger partial charge in [0.2, 0.25) is 0 Å². The van der Waals surface area contributed by atoms with E-state index < -0.39 is 24.3 Å². The van der Waals surface area contributed by atoms with Crippen LogP contribution in [0.5, 0.6) is 0 Å². The summed E-state index contributed by atoms with van der Waals surface area (Å²) < 4.78 is 0. The number of carbonyl (C=O) groups is 1. The maximum Gasteiger partial charge on any atom is 0.303 e. The van der Waals surface area contributed by atoms with E-state index >= 15 is 0 Å². The highest BCUT2D eigenvalue weighted by Gasteiger charge is 2.20. The van der Waals surface area contributed by atoms with Crippen LogP contribution in [0, 0.1) is 5.92 Å². The summed E-state index contributed by atoms with van der Waals surface area (Å²) in [6.45, 7) is 1.97. The van der Waals surface area contributed by atoms with E-state index in [-0.39, 0.29) is 18.8 Å². The Labute approximate surface area is 167 Å². The number of carboxylic acids is 1. The van der Waals surface area contributed by atoms with Gasteiger partial charge in [0, 0.05) is 11.4 Å². The number of hydrogen-bond donors (Lipinski definition) is 4. The number of unbranched alkanes of at least 4 members (excludes halogenated alkanes) is 3. The molecular formula is C21H33ClO5. The Morgan fingerprint density at radius 2 is 1.67 bits per heavy atom. The number of aliphatic carboxylic acids is 1. The third-order valence-electron chi connectivity index (χ3n) is 5.01.